The van der Waals surface area contributed by atoms with Gasteiger partial charge in [-0.1, -0.05) is 0 Å². The van der Waals surface area contributed by atoms with Crippen LogP contribution < -0.4 is 11.3 Å². The highest BCUT2D eigenvalue weighted by Crippen LogP contribution is 2.23. The molecule has 1 aliphatic rings. The van der Waals surface area contributed by atoms with Crippen molar-refractivity contribution in [2.75, 3.05) is 32.2 Å². The Morgan fingerprint density at radius 3 is 2.85 bits per heavy atom. The fourth-order valence-corrected chi connectivity index (χ4v) is 3.62. The Bertz CT molecular complexity index is 543. The topological polar surface area (TPSA) is 97.5 Å². The van der Waals surface area contributed by atoms with E-state index in [-0.39, 0.29) is 10.7 Å². The van der Waals surface area contributed by atoms with Crippen molar-refractivity contribution in [2.45, 2.75) is 17.7 Å². The van der Waals surface area contributed by atoms with Crippen LogP contribution in [0.2, 0.25) is 0 Å². The van der Waals surface area contributed by atoms with E-state index < -0.39 is 10.0 Å². The van der Waals surface area contributed by atoms with Crippen LogP contribution in [0.1, 0.15) is 12.8 Å². The van der Waals surface area contributed by atoms with E-state index in [0.29, 0.717) is 25.7 Å². The maximum atomic E-state index is 12.5. The van der Waals surface area contributed by atoms with Gasteiger partial charge in [0.05, 0.1) is 0 Å². The van der Waals surface area contributed by atoms with Gasteiger partial charge in [-0.05, 0) is 30.9 Å². The van der Waals surface area contributed by atoms with E-state index >= 15 is 0 Å². The summed E-state index contributed by atoms with van der Waals surface area (Å²) in [5, 5.41) is 0. The predicted octanol–water partition coefficient (Wildman–Crippen LogP) is 0.414. The molecule has 1 aromatic rings. The van der Waals surface area contributed by atoms with Crippen LogP contribution in [0.25, 0.3) is 0 Å². The number of nitrogens with zero attached hydrogens (tertiary/aromatic N) is 2. The number of pyridine rings is 1. The molecule has 1 saturated heterocycles. The third-order valence-electron chi connectivity index (χ3n) is 3.45. The first-order chi connectivity index (χ1) is 9.55. The monoisotopic (exact) mass is 300 g/mol. The van der Waals surface area contributed by atoms with Crippen LogP contribution in [0.15, 0.2) is 23.2 Å². The second kappa shape index (κ2) is 6.49. The number of nitrogens with two attached hydrogens (primary N) is 1. The molecular weight excluding hydrogens is 280 g/mol. The van der Waals surface area contributed by atoms with Crippen LogP contribution in [0.4, 0.5) is 5.82 Å². The summed E-state index contributed by atoms with van der Waals surface area (Å²) in [6.45, 7) is 1.87. The van der Waals surface area contributed by atoms with Gasteiger partial charge in [-0.2, -0.15) is 0 Å². The molecule has 0 bridgehead atoms. The first kappa shape index (κ1) is 15.2. The number of sulfonamides is 1. The van der Waals surface area contributed by atoms with Gasteiger partial charge in [-0.15, -0.1) is 0 Å². The Balaban J connectivity index is 2.16. The van der Waals surface area contributed by atoms with Crippen LogP contribution in [-0.2, 0) is 14.8 Å². The Labute approximate surface area is 119 Å². The fraction of sp³-hybridized carbons (Fsp3) is 0.583. The van der Waals surface area contributed by atoms with Crippen LogP contribution in [-0.4, -0.2) is 44.5 Å². The molecule has 2 heterocycles. The van der Waals surface area contributed by atoms with Crippen LogP contribution >= 0.6 is 0 Å². The van der Waals surface area contributed by atoms with Gasteiger partial charge in [0.1, 0.15) is 4.90 Å². The predicted molar refractivity (Wildman–Crippen MR) is 75.4 cm³/mol. The van der Waals surface area contributed by atoms with Crippen LogP contribution in [0, 0.1) is 5.92 Å². The van der Waals surface area contributed by atoms with E-state index in [1.807, 2.05) is 0 Å². The molecule has 1 aromatic heterocycles. The third-order valence-corrected chi connectivity index (χ3v) is 5.31. The summed E-state index contributed by atoms with van der Waals surface area (Å²) in [5.74, 6) is 5.81. The molecule has 1 aliphatic heterocycles. The summed E-state index contributed by atoms with van der Waals surface area (Å²) in [6, 6.07) is 3.08. The summed E-state index contributed by atoms with van der Waals surface area (Å²) in [7, 11) is -2.01. The number of hydrogen-bond acceptors (Lipinski definition) is 6. The van der Waals surface area contributed by atoms with E-state index in [4.69, 9.17) is 10.6 Å². The minimum absolute atomic E-state index is 0.0945. The van der Waals surface area contributed by atoms with Crippen molar-refractivity contribution in [2.24, 2.45) is 11.8 Å². The Hall–Kier alpha value is -1.22. The first-order valence-corrected chi connectivity index (χ1v) is 7.95. The van der Waals surface area contributed by atoms with E-state index in [0.717, 1.165) is 12.8 Å². The molecule has 1 fully saturated rings. The molecular formula is C12H20N4O3S. The normalized spacial score (nSPS) is 17.4. The minimum Gasteiger partial charge on any atom is -0.381 e. The molecule has 0 aromatic carbocycles. The SMILES string of the molecule is CN(CC1CCOCC1)S(=O)(=O)c1cccnc1NN. The molecule has 0 aliphatic carbocycles. The van der Waals surface area contributed by atoms with Crippen molar-refractivity contribution in [3.05, 3.63) is 18.3 Å². The summed E-state index contributed by atoms with van der Waals surface area (Å²) in [6.07, 6.45) is 3.26. The minimum atomic E-state index is -3.59. The Kier molecular flexibility index (Phi) is 4.92. The van der Waals surface area contributed by atoms with E-state index in [1.165, 1.54) is 16.6 Å². The van der Waals surface area contributed by atoms with Crippen molar-refractivity contribution in [1.82, 2.24) is 9.29 Å². The molecule has 20 heavy (non-hydrogen) atoms. The van der Waals surface area contributed by atoms with Gasteiger partial charge in [0.25, 0.3) is 0 Å². The van der Waals surface area contributed by atoms with Gasteiger partial charge >= 0.3 is 0 Å². The third kappa shape index (κ3) is 3.26. The quantitative estimate of drug-likeness (QED) is 0.604. The second-order valence-electron chi connectivity index (χ2n) is 4.84. The Morgan fingerprint density at radius 1 is 1.50 bits per heavy atom. The molecule has 0 saturated carbocycles. The Morgan fingerprint density at radius 2 is 2.20 bits per heavy atom. The standard InChI is InChI=1S/C12H20N4O3S/c1-16(9-10-4-7-19-8-5-10)20(17,18)11-3-2-6-14-12(11)15-13/h2-3,6,10H,4-5,7-9,13H2,1H3,(H,14,15). The molecule has 0 atom stereocenters. The number of nitrogen functional groups attached to an aromatic ring is 1. The van der Waals surface area contributed by atoms with Gasteiger partial charge in [-0.3, -0.25) is 0 Å². The number of hydrazine groups is 1. The zero-order chi connectivity index (χ0) is 14.6. The molecule has 0 unspecified atom stereocenters. The molecule has 0 amide bonds. The summed E-state index contributed by atoms with van der Waals surface area (Å²) in [4.78, 5) is 4.03. The zero-order valence-corrected chi connectivity index (χ0v) is 12.3. The fourth-order valence-electron chi connectivity index (χ4n) is 2.27. The van der Waals surface area contributed by atoms with Gasteiger partial charge < -0.3 is 10.2 Å². The molecule has 2 rings (SSSR count). The maximum Gasteiger partial charge on any atom is 0.246 e. The largest absolute Gasteiger partial charge is 0.381 e. The highest BCUT2D eigenvalue weighted by Gasteiger charge is 2.27. The lowest BCUT2D eigenvalue weighted by atomic mass is 10.0. The highest BCUT2D eigenvalue weighted by atomic mass is 32.2. The molecule has 0 spiro atoms. The molecule has 7 nitrogen and oxygen atoms in total. The van der Waals surface area contributed by atoms with Gasteiger partial charge in [0.2, 0.25) is 10.0 Å². The van der Waals surface area contributed by atoms with Crippen molar-refractivity contribution in [3.8, 4) is 0 Å². The van der Waals surface area contributed by atoms with Gasteiger partial charge in [-0.25, -0.2) is 23.5 Å². The van der Waals surface area contributed by atoms with E-state index in [9.17, 15) is 8.42 Å². The van der Waals surface area contributed by atoms with E-state index in [1.54, 1.807) is 13.1 Å². The van der Waals surface area contributed by atoms with Crippen LogP contribution in [0.3, 0.4) is 0 Å². The number of aromatic nitrogens is 1. The zero-order valence-electron chi connectivity index (χ0n) is 11.4. The van der Waals surface area contributed by atoms with Crippen molar-refractivity contribution < 1.29 is 13.2 Å². The number of nitrogens with one attached hydrogen (secondary N) is 1. The molecule has 3 N–H and O–H groups in total. The number of ether oxygens (including phenoxy) is 1. The summed E-state index contributed by atoms with van der Waals surface area (Å²) < 4.78 is 31.7. The molecule has 8 heteroatoms. The number of hydrogen-bond donors (Lipinski definition) is 2. The van der Waals surface area contributed by atoms with Crippen molar-refractivity contribution >= 4 is 15.8 Å². The first-order valence-electron chi connectivity index (χ1n) is 6.51. The lowest BCUT2D eigenvalue weighted by molar-refractivity contribution is 0.0620. The molecule has 112 valence electrons. The van der Waals surface area contributed by atoms with Crippen molar-refractivity contribution in [3.63, 3.8) is 0 Å². The average molecular weight is 300 g/mol. The number of anilines is 1. The lowest BCUT2D eigenvalue weighted by Crippen LogP contribution is -2.34. The van der Waals surface area contributed by atoms with Crippen molar-refractivity contribution in [1.29, 1.82) is 0 Å². The van der Waals surface area contributed by atoms with Gasteiger partial charge in [0.15, 0.2) is 5.82 Å². The second-order valence-corrected chi connectivity index (χ2v) is 6.85. The average Bonchev–Trinajstić information content (AvgIpc) is 2.48. The summed E-state index contributed by atoms with van der Waals surface area (Å²) in [5.41, 5.74) is 2.32. The van der Waals surface area contributed by atoms with Crippen LogP contribution in [0.5, 0.6) is 0 Å². The highest BCUT2D eigenvalue weighted by molar-refractivity contribution is 7.89. The maximum absolute atomic E-state index is 12.5. The molecule has 0 radical (unpaired) electrons. The summed E-state index contributed by atoms with van der Waals surface area (Å²) >= 11 is 0. The van der Waals surface area contributed by atoms with E-state index in [2.05, 4.69) is 10.4 Å². The smallest absolute Gasteiger partial charge is 0.246 e. The lowest BCUT2D eigenvalue weighted by Gasteiger charge is -2.27. The number of rotatable bonds is 5. The van der Waals surface area contributed by atoms with Gasteiger partial charge in [0, 0.05) is 33.0 Å².